The van der Waals surface area contributed by atoms with Gasteiger partial charge in [-0.2, -0.15) is 0 Å². The van der Waals surface area contributed by atoms with E-state index in [1.165, 1.54) is 23.9 Å². The van der Waals surface area contributed by atoms with Crippen LogP contribution in [0.1, 0.15) is 11.1 Å². The molecule has 0 saturated heterocycles. The molecule has 0 N–H and O–H groups in total. The van der Waals surface area contributed by atoms with E-state index in [1.54, 1.807) is 36.4 Å². The lowest BCUT2D eigenvalue weighted by Crippen LogP contribution is -2.01. The summed E-state index contributed by atoms with van der Waals surface area (Å²) in [5, 5.41) is 9.08. The number of thioether (sulfide) groups is 1. The normalized spacial score (nSPS) is 11.0. The SMILES string of the molecule is Cc1ccc(-n2c(SCc3ccccc3F)nnc2-c2ccccc2F)cc1. The Kier molecular flexibility index (Phi) is 5.21. The topological polar surface area (TPSA) is 30.7 Å². The van der Waals surface area contributed by atoms with E-state index in [0.717, 1.165) is 11.3 Å². The third-order valence-electron chi connectivity index (χ3n) is 4.35. The molecule has 4 rings (SSSR count). The van der Waals surface area contributed by atoms with E-state index in [9.17, 15) is 8.78 Å². The minimum Gasteiger partial charge on any atom is -0.270 e. The van der Waals surface area contributed by atoms with Crippen LogP contribution in [0.5, 0.6) is 0 Å². The molecule has 140 valence electrons. The van der Waals surface area contributed by atoms with Crippen LogP contribution in [-0.2, 0) is 5.75 Å². The highest BCUT2D eigenvalue weighted by molar-refractivity contribution is 7.98. The van der Waals surface area contributed by atoms with Crippen LogP contribution in [0.2, 0.25) is 0 Å². The molecule has 1 heterocycles. The minimum atomic E-state index is -0.367. The van der Waals surface area contributed by atoms with Gasteiger partial charge in [0.2, 0.25) is 0 Å². The fourth-order valence-corrected chi connectivity index (χ4v) is 3.80. The predicted octanol–water partition coefficient (Wildman–Crippen LogP) is 5.81. The van der Waals surface area contributed by atoms with E-state index in [4.69, 9.17) is 0 Å². The van der Waals surface area contributed by atoms with Crippen molar-refractivity contribution >= 4 is 11.8 Å². The van der Waals surface area contributed by atoms with Crippen LogP contribution in [0.3, 0.4) is 0 Å². The summed E-state index contributed by atoms with van der Waals surface area (Å²) in [7, 11) is 0. The van der Waals surface area contributed by atoms with Gasteiger partial charge < -0.3 is 0 Å². The van der Waals surface area contributed by atoms with Crippen molar-refractivity contribution in [2.45, 2.75) is 17.8 Å². The van der Waals surface area contributed by atoms with Crippen LogP contribution in [0, 0.1) is 18.6 Å². The fraction of sp³-hybridized carbons (Fsp3) is 0.0909. The summed E-state index contributed by atoms with van der Waals surface area (Å²) in [6.07, 6.45) is 0. The quantitative estimate of drug-likeness (QED) is 0.401. The Morgan fingerprint density at radius 3 is 2.21 bits per heavy atom. The number of hydrogen-bond acceptors (Lipinski definition) is 3. The van der Waals surface area contributed by atoms with Crippen molar-refractivity contribution in [1.82, 2.24) is 14.8 Å². The van der Waals surface area contributed by atoms with Gasteiger partial charge in [0.05, 0.1) is 5.56 Å². The van der Waals surface area contributed by atoms with Crippen molar-refractivity contribution in [2.75, 3.05) is 0 Å². The number of benzene rings is 3. The molecule has 0 aliphatic rings. The van der Waals surface area contributed by atoms with Crippen molar-refractivity contribution in [1.29, 1.82) is 0 Å². The first kappa shape index (κ1) is 18.4. The molecule has 0 aliphatic heterocycles. The molecule has 6 heteroatoms. The Bertz CT molecular complexity index is 1110. The van der Waals surface area contributed by atoms with E-state index in [-0.39, 0.29) is 11.6 Å². The maximum absolute atomic E-state index is 14.4. The third kappa shape index (κ3) is 3.68. The van der Waals surface area contributed by atoms with Crippen molar-refractivity contribution in [2.24, 2.45) is 0 Å². The number of aryl methyl sites for hydroxylation is 1. The molecule has 0 unspecified atom stereocenters. The van der Waals surface area contributed by atoms with Crippen LogP contribution >= 0.6 is 11.8 Å². The zero-order chi connectivity index (χ0) is 19.5. The molecule has 1 aromatic heterocycles. The Morgan fingerprint density at radius 2 is 1.50 bits per heavy atom. The molecule has 4 aromatic rings. The fourth-order valence-electron chi connectivity index (χ4n) is 2.86. The van der Waals surface area contributed by atoms with Crippen LogP contribution in [-0.4, -0.2) is 14.8 Å². The number of hydrogen-bond donors (Lipinski definition) is 0. The van der Waals surface area contributed by atoms with Gasteiger partial charge in [-0.25, -0.2) is 8.78 Å². The molecule has 0 saturated carbocycles. The predicted molar refractivity (Wildman–Crippen MR) is 107 cm³/mol. The number of aromatic nitrogens is 3. The van der Waals surface area contributed by atoms with E-state index in [0.29, 0.717) is 27.9 Å². The van der Waals surface area contributed by atoms with Gasteiger partial charge in [-0.1, -0.05) is 59.8 Å². The summed E-state index contributed by atoms with van der Waals surface area (Å²) in [6, 6.07) is 21.0. The Balaban J connectivity index is 1.77. The first-order valence-corrected chi connectivity index (χ1v) is 9.75. The Morgan fingerprint density at radius 1 is 0.821 bits per heavy atom. The molecule has 0 aliphatic carbocycles. The van der Waals surface area contributed by atoms with Crippen molar-refractivity contribution < 1.29 is 8.78 Å². The number of rotatable bonds is 5. The highest BCUT2D eigenvalue weighted by Gasteiger charge is 2.19. The molecule has 0 fully saturated rings. The van der Waals surface area contributed by atoms with E-state index >= 15 is 0 Å². The Hall–Kier alpha value is -2.99. The van der Waals surface area contributed by atoms with Crippen LogP contribution in [0.15, 0.2) is 78.0 Å². The van der Waals surface area contributed by atoms with Crippen molar-refractivity contribution in [3.05, 3.63) is 95.6 Å². The van der Waals surface area contributed by atoms with Crippen LogP contribution < -0.4 is 0 Å². The average Bonchev–Trinajstić information content (AvgIpc) is 3.12. The zero-order valence-corrected chi connectivity index (χ0v) is 16.0. The molecule has 0 radical (unpaired) electrons. The first-order valence-electron chi connectivity index (χ1n) is 8.77. The maximum atomic E-state index is 14.4. The molecule has 3 aromatic carbocycles. The standard InChI is InChI=1S/C22H17F2N3S/c1-15-10-12-17(13-11-15)27-21(18-7-3-5-9-20(18)24)25-26-22(27)28-14-16-6-2-4-8-19(16)23/h2-13H,14H2,1H3. The molecule has 3 nitrogen and oxygen atoms in total. The van der Waals surface area contributed by atoms with Gasteiger partial charge in [-0.3, -0.25) is 4.57 Å². The smallest absolute Gasteiger partial charge is 0.196 e. The van der Waals surface area contributed by atoms with Gasteiger partial charge in [0.25, 0.3) is 0 Å². The summed E-state index contributed by atoms with van der Waals surface area (Å²) >= 11 is 1.36. The second kappa shape index (κ2) is 7.94. The van der Waals surface area contributed by atoms with Crippen LogP contribution in [0.25, 0.3) is 17.1 Å². The second-order valence-electron chi connectivity index (χ2n) is 6.34. The molecule has 0 atom stereocenters. The summed E-state index contributed by atoms with van der Waals surface area (Å²) < 4.78 is 30.2. The lowest BCUT2D eigenvalue weighted by atomic mass is 10.2. The summed E-state index contributed by atoms with van der Waals surface area (Å²) in [6.45, 7) is 2.00. The van der Waals surface area contributed by atoms with Gasteiger partial charge in [-0.15, -0.1) is 10.2 Å². The third-order valence-corrected chi connectivity index (χ3v) is 5.33. The van der Waals surface area contributed by atoms with Crippen LogP contribution in [0.4, 0.5) is 8.78 Å². The summed E-state index contributed by atoms with van der Waals surface area (Å²) in [5.74, 6) is 0.186. The highest BCUT2D eigenvalue weighted by Crippen LogP contribution is 2.31. The number of nitrogens with zero attached hydrogens (tertiary/aromatic N) is 3. The number of halogens is 2. The highest BCUT2D eigenvalue weighted by atomic mass is 32.2. The minimum absolute atomic E-state index is 0.259. The second-order valence-corrected chi connectivity index (χ2v) is 7.28. The lowest BCUT2D eigenvalue weighted by Gasteiger charge is -2.11. The van der Waals surface area contributed by atoms with Crippen molar-refractivity contribution in [3.8, 4) is 17.1 Å². The van der Waals surface area contributed by atoms with Crippen molar-refractivity contribution in [3.63, 3.8) is 0 Å². The maximum Gasteiger partial charge on any atom is 0.196 e. The van der Waals surface area contributed by atoms with Gasteiger partial charge in [0.1, 0.15) is 11.6 Å². The van der Waals surface area contributed by atoms with Gasteiger partial charge in [-0.05, 0) is 42.8 Å². The summed E-state index contributed by atoms with van der Waals surface area (Å²) in [4.78, 5) is 0. The van der Waals surface area contributed by atoms with E-state index < -0.39 is 0 Å². The summed E-state index contributed by atoms with van der Waals surface area (Å²) in [5.41, 5.74) is 2.89. The molecule has 0 bridgehead atoms. The first-order chi connectivity index (χ1) is 13.6. The largest absolute Gasteiger partial charge is 0.270 e. The van der Waals surface area contributed by atoms with Gasteiger partial charge in [0.15, 0.2) is 11.0 Å². The zero-order valence-electron chi connectivity index (χ0n) is 15.1. The molecule has 0 amide bonds. The Labute approximate surface area is 166 Å². The molecular formula is C22H17F2N3S. The average molecular weight is 393 g/mol. The molecule has 0 spiro atoms. The monoisotopic (exact) mass is 393 g/mol. The molecular weight excluding hydrogens is 376 g/mol. The molecule has 28 heavy (non-hydrogen) atoms. The van der Waals surface area contributed by atoms with Gasteiger partial charge in [0, 0.05) is 11.4 Å². The van der Waals surface area contributed by atoms with E-state index in [2.05, 4.69) is 10.2 Å². The van der Waals surface area contributed by atoms with E-state index in [1.807, 2.05) is 35.8 Å². The lowest BCUT2D eigenvalue weighted by molar-refractivity contribution is 0.617. The van der Waals surface area contributed by atoms with Gasteiger partial charge >= 0.3 is 0 Å².